The first-order chi connectivity index (χ1) is 9.74. The smallest absolute Gasteiger partial charge is 0.208 e. The molecule has 2 fully saturated rings. The zero-order valence-electron chi connectivity index (χ0n) is 13.1. The summed E-state index contributed by atoms with van der Waals surface area (Å²) in [5.41, 5.74) is 2.83. The lowest BCUT2D eigenvalue weighted by atomic mass is 9.96. The van der Waals surface area contributed by atoms with Crippen molar-refractivity contribution in [2.45, 2.75) is 64.5 Å². The van der Waals surface area contributed by atoms with E-state index in [1.807, 2.05) is 0 Å². The molecule has 1 aliphatic carbocycles. The SMILES string of the molecule is CCC(C)N1CCN(C(=NC2CCCCC2)NN)CC1. The summed E-state index contributed by atoms with van der Waals surface area (Å²) in [5.74, 6) is 6.61. The van der Waals surface area contributed by atoms with E-state index in [4.69, 9.17) is 10.8 Å². The van der Waals surface area contributed by atoms with E-state index in [2.05, 4.69) is 29.1 Å². The summed E-state index contributed by atoms with van der Waals surface area (Å²) >= 11 is 0. The molecule has 2 aliphatic rings. The monoisotopic (exact) mass is 281 g/mol. The highest BCUT2D eigenvalue weighted by Gasteiger charge is 2.23. The van der Waals surface area contributed by atoms with E-state index in [1.54, 1.807) is 0 Å². The van der Waals surface area contributed by atoms with Crippen molar-refractivity contribution in [1.82, 2.24) is 15.2 Å². The Morgan fingerprint density at radius 1 is 1.20 bits per heavy atom. The van der Waals surface area contributed by atoms with Crippen molar-refractivity contribution in [3.8, 4) is 0 Å². The van der Waals surface area contributed by atoms with Crippen LogP contribution in [0.4, 0.5) is 0 Å². The van der Waals surface area contributed by atoms with Crippen LogP contribution < -0.4 is 11.3 Å². The van der Waals surface area contributed by atoms with Crippen molar-refractivity contribution in [1.29, 1.82) is 0 Å². The first-order valence-corrected chi connectivity index (χ1v) is 8.28. The molecular weight excluding hydrogens is 250 g/mol. The summed E-state index contributed by atoms with van der Waals surface area (Å²) in [6.07, 6.45) is 7.65. The first-order valence-electron chi connectivity index (χ1n) is 8.28. The minimum absolute atomic E-state index is 0.474. The Hall–Kier alpha value is -0.810. The maximum Gasteiger partial charge on any atom is 0.208 e. The van der Waals surface area contributed by atoms with Gasteiger partial charge in [0, 0.05) is 32.2 Å². The number of rotatable bonds is 3. The van der Waals surface area contributed by atoms with Crippen LogP contribution in [0.15, 0.2) is 4.99 Å². The number of piperazine rings is 1. The number of hydrogen-bond donors (Lipinski definition) is 2. The van der Waals surface area contributed by atoms with Crippen LogP contribution in [0.2, 0.25) is 0 Å². The fourth-order valence-electron chi connectivity index (χ4n) is 3.23. The average molecular weight is 281 g/mol. The lowest BCUT2D eigenvalue weighted by Gasteiger charge is -2.39. The molecule has 0 bridgehead atoms. The van der Waals surface area contributed by atoms with Gasteiger partial charge in [-0.3, -0.25) is 10.3 Å². The van der Waals surface area contributed by atoms with Crippen molar-refractivity contribution < 1.29 is 0 Å². The molecule has 0 aromatic rings. The molecule has 116 valence electrons. The summed E-state index contributed by atoms with van der Waals surface area (Å²) in [7, 11) is 0. The number of nitrogens with two attached hydrogens (primary N) is 1. The molecule has 5 heteroatoms. The molecule has 1 heterocycles. The highest BCUT2D eigenvalue weighted by Crippen LogP contribution is 2.20. The van der Waals surface area contributed by atoms with Crippen molar-refractivity contribution >= 4 is 5.96 Å². The van der Waals surface area contributed by atoms with E-state index in [1.165, 1.54) is 38.5 Å². The third-order valence-electron chi connectivity index (χ3n) is 4.84. The highest BCUT2D eigenvalue weighted by atomic mass is 15.4. The van der Waals surface area contributed by atoms with E-state index in [0.29, 0.717) is 12.1 Å². The van der Waals surface area contributed by atoms with Gasteiger partial charge < -0.3 is 4.90 Å². The zero-order valence-corrected chi connectivity index (χ0v) is 13.1. The lowest BCUT2D eigenvalue weighted by Crippen LogP contribution is -2.55. The quantitative estimate of drug-likeness (QED) is 0.357. The van der Waals surface area contributed by atoms with Gasteiger partial charge in [0.2, 0.25) is 5.96 Å². The fraction of sp³-hybridized carbons (Fsp3) is 0.933. The number of guanidine groups is 1. The predicted molar refractivity (Wildman–Crippen MR) is 84.5 cm³/mol. The van der Waals surface area contributed by atoms with Crippen LogP contribution in [0.3, 0.4) is 0 Å². The molecule has 0 spiro atoms. The molecule has 2 rings (SSSR count). The van der Waals surface area contributed by atoms with Crippen LogP contribution in [0, 0.1) is 0 Å². The van der Waals surface area contributed by atoms with Crippen molar-refractivity contribution in [3.05, 3.63) is 0 Å². The standard InChI is InChI=1S/C15H31N5/c1-3-13(2)19-9-11-20(12-10-19)15(18-16)17-14-7-5-4-6-8-14/h13-14H,3-12,16H2,1-2H3,(H,17,18). The van der Waals surface area contributed by atoms with Gasteiger partial charge in [0.1, 0.15) is 0 Å². The molecule has 1 saturated heterocycles. The Bertz CT molecular complexity index is 303. The zero-order chi connectivity index (χ0) is 14.4. The summed E-state index contributed by atoms with van der Waals surface area (Å²) in [6.45, 7) is 8.85. The summed E-state index contributed by atoms with van der Waals surface area (Å²) in [4.78, 5) is 9.73. The summed E-state index contributed by atoms with van der Waals surface area (Å²) < 4.78 is 0. The highest BCUT2D eigenvalue weighted by molar-refractivity contribution is 5.79. The third-order valence-corrected chi connectivity index (χ3v) is 4.84. The molecule has 1 aliphatic heterocycles. The van der Waals surface area contributed by atoms with Crippen LogP contribution >= 0.6 is 0 Å². The molecule has 0 aromatic carbocycles. The molecule has 1 atom stereocenters. The summed E-state index contributed by atoms with van der Waals surface area (Å²) in [5, 5.41) is 0. The normalized spacial score (nSPS) is 24.8. The van der Waals surface area contributed by atoms with Gasteiger partial charge in [-0.05, 0) is 26.2 Å². The van der Waals surface area contributed by atoms with Crippen LogP contribution in [-0.2, 0) is 0 Å². The molecule has 1 unspecified atom stereocenters. The van der Waals surface area contributed by atoms with Crippen LogP contribution in [-0.4, -0.2) is 54.0 Å². The molecular formula is C15H31N5. The predicted octanol–water partition coefficient (Wildman–Crippen LogP) is 1.55. The second kappa shape index (κ2) is 7.84. The van der Waals surface area contributed by atoms with Gasteiger partial charge in [0.05, 0.1) is 6.04 Å². The van der Waals surface area contributed by atoms with Crippen molar-refractivity contribution in [2.75, 3.05) is 26.2 Å². The number of hydrogen-bond acceptors (Lipinski definition) is 3. The molecule has 1 saturated carbocycles. The second-order valence-corrected chi connectivity index (χ2v) is 6.17. The number of hydrazine groups is 1. The minimum Gasteiger partial charge on any atom is -0.339 e. The Kier molecular flexibility index (Phi) is 6.10. The van der Waals surface area contributed by atoms with Gasteiger partial charge in [-0.15, -0.1) is 0 Å². The lowest BCUT2D eigenvalue weighted by molar-refractivity contribution is 0.135. The first kappa shape index (κ1) is 15.6. The summed E-state index contributed by atoms with van der Waals surface area (Å²) in [6, 6.07) is 1.16. The molecule has 20 heavy (non-hydrogen) atoms. The minimum atomic E-state index is 0.474. The fourth-order valence-corrected chi connectivity index (χ4v) is 3.23. The number of nitrogens with zero attached hydrogens (tertiary/aromatic N) is 3. The van der Waals surface area contributed by atoms with E-state index in [-0.39, 0.29) is 0 Å². The van der Waals surface area contributed by atoms with Gasteiger partial charge in [0.25, 0.3) is 0 Å². The Morgan fingerprint density at radius 2 is 1.85 bits per heavy atom. The van der Waals surface area contributed by atoms with E-state index in [9.17, 15) is 0 Å². The maximum absolute atomic E-state index is 5.71. The van der Waals surface area contributed by atoms with Gasteiger partial charge in [-0.25, -0.2) is 10.8 Å². The molecule has 0 radical (unpaired) electrons. The third kappa shape index (κ3) is 4.09. The Labute approximate surface area is 123 Å². The number of aliphatic imine (C=N–C) groups is 1. The van der Waals surface area contributed by atoms with Crippen LogP contribution in [0.1, 0.15) is 52.4 Å². The molecule has 0 amide bonds. The van der Waals surface area contributed by atoms with E-state index < -0.39 is 0 Å². The van der Waals surface area contributed by atoms with E-state index >= 15 is 0 Å². The largest absolute Gasteiger partial charge is 0.339 e. The van der Waals surface area contributed by atoms with Gasteiger partial charge in [-0.1, -0.05) is 26.2 Å². The van der Waals surface area contributed by atoms with E-state index in [0.717, 1.165) is 32.1 Å². The Morgan fingerprint density at radius 3 is 2.40 bits per heavy atom. The maximum atomic E-state index is 5.71. The number of nitrogens with one attached hydrogen (secondary N) is 1. The van der Waals surface area contributed by atoms with Crippen LogP contribution in [0.25, 0.3) is 0 Å². The van der Waals surface area contributed by atoms with Crippen molar-refractivity contribution in [2.24, 2.45) is 10.8 Å². The Balaban J connectivity index is 1.87. The van der Waals surface area contributed by atoms with Gasteiger partial charge in [0.15, 0.2) is 0 Å². The topological polar surface area (TPSA) is 56.9 Å². The average Bonchev–Trinajstić information content (AvgIpc) is 2.53. The molecule has 0 aromatic heterocycles. The van der Waals surface area contributed by atoms with Gasteiger partial charge >= 0.3 is 0 Å². The van der Waals surface area contributed by atoms with Gasteiger partial charge in [-0.2, -0.15) is 0 Å². The van der Waals surface area contributed by atoms with Crippen molar-refractivity contribution in [3.63, 3.8) is 0 Å². The second-order valence-electron chi connectivity index (χ2n) is 6.17. The molecule has 3 N–H and O–H groups in total. The van der Waals surface area contributed by atoms with Crippen LogP contribution in [0.5, 0.6) is 0 Å². The molecule has 5 nitrogen and oxygen atoms in total.